The van der Waals surface area contributed by atoms with Crippen molar-refractivity contribution in [3.63, 3.8) is 0 Å². The van der Waals surface area contributed by atoms with Crippen molar-refractivity contribution in [2.24, 2.45) is 7.05 Å². The van der Waals surface area contributed by atoms with Crippen LogP contribution in [-0.2, 0) is 16.6 Å². The molecular formula is C14H19N3O4. The summed E-state index contributed by atoms with van der Waals surface area (Å²) in [5, 5.41) is 3.96. The summed E-state index contributed by atoms with van der Waals surface area (Å²) in [6.45, 7) is -0.0927. The first-order valence-corrected chi connectivity index (χ1v) is 6.95. The zero-order valence-electron chi connectivity index (χ0n) is 12.2. The molecule has 1 aromatic rings. The van der Waals surface area contributed by atoms with Gasteiger partial charge >= 0.3 is 5.97 Å². The number of aryl methyl sites for hydroxylation is 1. The molecule has 1 heterocycles. The van der Waals surface area contributed by atoms with Gasteiger partial charge in [-0.3, -0.25) is 14.4 Å². The maximum atomic E-state index is 12.6. The molecule has 0 aliphatic heterocycles. The Hall–Kier alpha value is -2.18. The van der Waals surface area contributed by atoms with Gasteiger partial charge < -0.3 is 9.64 Å². The third-order valence-corrected chi connectivity index (χ3v) is 3.73. The number of amides is 1. The van der Waals surface area contributed by atoms with Crippen LogP contribution in [0.1, 0.15) is 36.2 Å². The van der Waals surface area contributed by atoms with E-state index in [0.717, 1.165) is 30.4 Å². The number of hydrogen-bond donors (Lipinski definition) is 0. The van der Waals surface area contributed by atoms with E-state index >= 15 is 0 Å². The Morgan fingerprint density at radius 2 is 2.05 bits per heavy atom. The Balaban J connectivity index is 2.25. The summed E-state index contributed by atoms with van der Waals surface area (Å²) in [7, 11) is 2.78. The molecular weight excluding hydrogens is 274 g/mol. The van der Waals surface area contributed by atoms with Gasteiger partial charge in [0, 0.05) is 19.2 Å². The highest BCUT2D eigenvalue weighted by Gasteiger charge is 2.30. The molecule has 7 heteroatoms. The van der Waals surface area contributed by atoms with Crippen LogP contribution in [0.5, 0.6) is 0 Å². The molecule has 0 radical (unpaired) electrons. The number of carbonyl (C=O) groups excluding carboxylic acids is 2. The molecule has 0 atom stereocenters. The molecule has 114 valence electrons. The van der Waals surface area contributed by atoms with E-state index in [4.69, 9.17) is 0 Å². The molecule has 1 aliphatic carbocycles. The summed E-state index contributed by atoms with van der Waals surface area (Å²) < 4.78 is 5.77. The molecule has 1 aliphatic rings. The number of aromatic nitrogens is 2. The van der Waals surface area contributed by atoms with E-state index in [9.17, 15) is 14.4 Å². The lowest BCUT2D eigenvalue weighted by Gasteiger charge is -2.27. The average Bonchev–Trinajstić information content (AvgIpc) is 3.00. The first kappa shape index (κ1) is 15.2. The molecule has 7 nitrogen and oxygen atoms in total. The average molecular weight is 293 g/mol. The van der Waals surface area contributed by atoms with Crippen molar-refractivity contribution in [1.82, 2.24) is 14.7 Å². The highest BCUT2D eigenvalue weighted by atomic mass is 16.5. The van der Waals surface area contributed by atoms with Crippen molar-refractivity contribution in [3.05, 3.63) is 28.2 Å². The summed E-state index contributed by atoms with van der Waals surface area (Å²) >= 11 is 0. The molecule has 1 amide bonds. The molecule has 1 fully saturated rings. The van der Waals surface area contributed by atoms with Gasteiger partial charge in [-0.05, 0) is 18.9 Å². The van der Waals surface area contributed by atoms with Gasteiger partial charge in [-0.2, -0.15) is 5.10 Å². The predicted octanol–water partition coefficient (Wildman–Crippen LogP) is 0.338. The van der Waals surface area contributed by atoms with Crippen LogP contribution in [0, 0.1) is 0 Å². The van der Waals surface area contributed by atoms with Crippen molar-refractivity contribution in [1.29, 1.82) is 0 Å². The SMILES string of the molecule is COC(=O)CN(C(=O)c1ccc(=O)n(C)n1)C1CCCC1. The summed E-state index contributed by atoms with van der Waals surface area (Å²) in [5.41, 5.74) is -0.125. The number of hydrogen-bond acceptors (Lipinski definition) is 5. The maximum Gasteiger partial charge on any atom is 0.325 e. The Kier molecular flexibility index (Phi) is 4.72. The van der Waals surface area contributed by atoms with Crippen molar-refractivity contribution in [3.8, 4) is 0 Å². The monoisotopic (exact) mass is 293 g/mol. The minimum Gasteiger partial charge on any atom is -0.468 e. The minimum absolute atomic E-state index is 0.0237. The van der Waals surface area contributed by atoms with Crippen LogP contribution in [-0.4, -0.2) is 46.3 Å². The molecule has 0 N–H and O–H groups in total. The molecule has 2 rings (SSSR count). The lowest BCUT2D eigenvalue weighted by atomic mass is 10.2. The van der Waals surface area contributed by atoms with Gasteiger partial charge in [0.15, 0.2) is 0 Å². The predicted molar refractivity (Wildman–Crippen MR) is 74.8 cm³/mol. The quantitative estimate of drug-likeness (QED) is 0.748. The van der Waals surface area contributed by atoms with Gasteiger partial charge in [0.1, 0.15) is 12.2 Å². The van der Waals surface area contributed by atoms with Gasteiger partial charge in [0.25, 0.3) is 11.5 Å². The summed E-state index contributed by atoms with van der Waals surface area (Å²) in [6.07, 6.45) is 3.82. The second-order valence-electron chi connectivity index (χ2n) is 5.13. The van der Waals surface area contributed by atoms with Crippen molar-refractivity contribution in [2.45, 2.75) is 31.7 Å². The Morgan fingerprint density at radius 1 is 1.38 bits per heavy atom. The number of nitrogens with zero attached hydrogens (tertiary/aromatic N) is 3. The third-order valence-electron chi connectivity index (χ3n) is 3.73. The molecule has 0 unspecified atom stereocenters. The van der Waals surface area contributed by atoms with E-state index in [1.165, 1.54) is 31.2 Å². The van der Waals surface area contributed by atoms with Gasteiger partial charge in [0.2, 0.25) is 0 Å². The number of rotatable bonds is 4. The number of methoxy groups -OCH3 is 1. The van der Waals surface area contributed by atoms with Crippen LogP contribution in [0.25, 0.3) is 0 Å². The first-order chi connectivity index (χ1) is 10.0. The smallest absolute Gasteiger partial charge is 0.325 e. The fourth-order valence-corrected chi connectivity index (χ4v) is 2.55. The summed E-state index contributed by atoms with van der Waals surface area (Å²) in [4.78, 5) is 37.0. The van der Waals surface area contributed by atoms with E-state index in [1.54, 1.807) is 0 Å². The lowest BCUT2D eigenvalue weighted by Crippen LogP contribution is -2.43. The van der Waals surface area contributed by atoms with Gasteiger partial charge in [-0.25, -0.2) is 4.68 Å². The highest BCUT2D eigenvalue weighted by molar-refractivity contribution is 5.94. The topological polar surface area (TPSA) is 81.5 Å². The molecule has 1 saturated carbocycles. The van der Waals surface area contributed by atoms with Crippen LogP contribution < -0.4 is 5.56 Å². The van der Waals surface area contributed by atoms with Crippen molar-refractivity contribution < 1.29 is 14.3 Å². The van der Waals surface area contributed by atoms with Crippen molar-refractivity contribution in [2.75, 3.05) is 13.7 Å². The van der Waals surface area contributed by atoms with E-state index in [1.807, 2.05) is 0 Å². The summed E-state index contributed by atoms with van der Waals surface area (Å²) in [6, 6.07) is 2.71. The molecule has 0 aromatic carbocycles. The molecule has 0 spiro atoms. The Labute approximate surface area is 122 Å². The zero-order valence-corrected chi connectivity index (χ0v) is 12.2. The number of ether oxygens (including phenoxy) is 1. The van der Waals surface area contributed by atoms with Crippen LogP contribution in [0.4, 0.5) is 0 Å². The third kappa shape index (κ3) is 3.48. The molecule has 0 bridgehead atoms. The number of esters is 1. The second-order valence-corrected chi connectivity index (χ2v) is 5.13. The fraction of sp³-hybridized carbons (Fsp3) is 0.571. The largest absolute Gasteiger partial charge is 0.468 e. The van der Waals surface area contributed by atoms with Crippen LogP contribution in [0.2, 0.25) is 0 Å². The van der Waals surface area contributed by atoms with Crippen molar-refractivity contribution >= 4 is 11.9 Å². The fourth-order valence-electron chi connectivity index (χ4n) is 2.55. The second kappa shape index (κ2) is 6.51. The van der Waals surface area contributed by atoms with E-state index in [-0.39, 0.29) is 29.7 Å². The van der Waals surface area contributed by atoms with Gasteiger partial charge in [-0.15, -0.1) is 0 Å². The molecule has 21 heavy (non-hydrogen) atoms. The molecule has 0 saturated heterocycles. The van der Waals surface area contributed by atoms with E-state index in [2.05, 4.69) is 9.84 Å². The maximum absolute atomic E-state index is 12.6. The van der Waals surface area contributed by atoms with Gasteiger partial charge in [-0.1, -0.05) is 12.8 Å². The van der Waals surface area contributed by atoms with Crippen LogP contribution in [0.15, 0.2) is 16.9 Å². The van der Waals surface area contributed by atoms with E-state index in [0.29, 0.717) is 0 Å². The first-order valence-electron chi connectivity index (χ1n) is 6.95. The lowest BCUT2D eigenvalue weighted by molar-refractivity contribution is -0.141. The van der Waals surface area contributed by atoms with Crippen LogP contribution in [0.3, 0.4) is 0 Å². The van der Waals surface area contributed by atoms with Gasteiger partial charge in [0.05, 0.1) is 7.11 Å². The number of carbonyl (C=O) groups is 2. The Morgan fingerprint density at radius 3 is 2.62 bits per heavy atom. The standard InChI is InChI=1S/C14H19N3O4/c1-16-12(18)8-7-11(15-16)14(20)17(9-13(19)21-2)10-5-3-4-6-10/h7-8,10H,3-6,9H2,1-2H3. The highest BCUT2D eigenvalue weighted by Crippen LogP contribution is 2.24. The Bertz CT molecular complexity index is 590. The summed E-state index contributed by atoms with van der Waals surface area (Å²) in [5.74, 6) is -0.803. The normalized spacial score (nSPS) is 15.0. The van der Waals surface area contributed by atoms with Crippen LogP contribution >= 0.6 is 0 Å². The molecule has 1 aromatic heterocycles. The minimum atomic E-state index is -0.458. The van der Waals surface area contributed by atoms with E-state index < -0.39 is 5.97 Å². The zero-order chi connectivity index (χ0) is 15.4.